The minimum atomic E-state index is 0.498. The summed E-state index contributed by atoms with van der Waals surface area (Å²) in [4.78, 5) is 4.59. The van der Waals surface area contributed by atoms with Gasteiger partial charge in [-0.1, -0.05) is 0 Å². The molecule has 0 amide bonds. The van der Waals surface area contributed by atoms with Crippen molar-refractivity contribution in [1.82, 2.24) is 24.5 Å². The maximum atomic E-state index is 5.40. The summed E-state index contributed by atoms with van der Waals surface area (Å²) in [6.07, 6.45) is 4.10. The number of rotatable bonds is 3. The second kappa shape index (κ2) is 4.70. The van der Waals surface area contributed by atoms with Gasteiger partial charge in [-0.3, -0.25) is 4.57 Å². The number of nitrogens with zero attached hydrogens (tertiary/aromatic N) is 4. The van der Waals surface area contributed by atoms with E-state index in [-0.39, 0.29) is 0 Å². The highest BCUT2D eigenvalue weighted by atomic mass is 16.5. The Balaban J connectivity index is 1.93. The van der Waals surface area contributed by atoms with Gasteiger partial charge in [0.05, 0.1) is 11.9 Å². The molecule has 0 spiro atoms. The molecule has 0 aliphatic carbocycles. The molecule has 18 heavy (non-hydrogen) atoms. The zero-order valence-corrected chi connectivity index (χ0v) is 10.9. The fraction of sp³-hybridized carbons (Fsp3) is 0.667. The van der Waals surface area contributed by atoms with Gasteiger partial charge in [-0.15, -0.1) is 0 Å². The Labute approximate surface area is 106 Å². The number of aryl methyl sites for hydroxylation is 1. The van der Waals surface area contributed by atoms with Crippen molar-refractivity contribution in [3.05, 3.63) is 17.7 Å². The van der Waals surface area contributed by atoms with Gasteiger partial charge in [0, 0.05) is 32.7 Å². The fourth-order valence-electron chi connectivity index (χ4n) is 2.57. The van der Waals surface area contributed by atoms with Gasteiger partial charge < -0.3 is 10.1 Å². The standard InChI is InChI=1S/C12H19N5O/c1-13-7-10-8-17-12(14-10)16(2)11(15-17)9-3-5-18-6-4-9/h8-9,13H,3-7H2,1-2H3. The maximum Gasteiger partial charge on any atom is 0.232 e. The normalized spacial score (nSPS) is 17.7. The van der Waals surface area contributed by atoms with Gasteiger partial charge in [0.15, 0.2) is 0 Å². The number of ether oxygens (including phenoxy) is 1. The lowest BCUT2D eigenvalue weighted by Crippen LogP contribution is -2.17. The monoisotopic (exact) mass is 249 g/mol. The van der Waals surface area contributed by atoms with E-state index in [2.05, 4.69) is 20.0 Å². The van der Waals surface area contributed by atoms with E-state index in [0.29, 0.717) is 5.92 Å². The second-order valence-corrected chi connectivity index (χ2v) is 4.81. The van der Waals surface area contributed by atoms with Gasteiger partial charge in [-0.25, -0.2) is 9.50 Å². The van der Waals surface area contributed by atoms with Crippen LogP contribution in [0.25, 0.3) is 5.78 Å². The molecule has 1 saturated heterocycles. The minimum Gasteiger partial charge on any atom is -0.381 e. The van der Waals surface area contributed by atoms with Crippen molar-refractivity contribution < 1.29 is 4.74 Å². The highest BCUT2D eigenvalue weighted by molar-refractivity contribution is 5.32. The van der Waals surface area contributed by atoms with Crippen molar-refractivity contribution >= 4 is 5.78 Å². The van der Waals surface area contributed by atoms with Crippen LogP contribution in [0.5, 0.6) is 0 Å². The molecule has 0 bridgehead atoms. The van der Waals surface area contributed by atoms with Crippen molar-refractivity contribution in [1.29, 1.82) is 0 Å². The van der Waals surface area contributed by atoms with Crippen LogP contribution in [0.15, 0.2) is 6.20 Å². The van der Waals surface area contributed by atoms with Crippen LogP contribution in [0.4, 0.5) is 0 Å². The van der Waals surface area contributed by atoms with Gasteiger partial charge in [-0.2, -0.15) is 5.10 Å². The molecule has 0 radical (unpaired) electrons. The van der Waals surface area contributed by atoms with E-state index in [1.165, 1.54) is 0 Å². The molecular formula is C12H19N5O. The predicted octanol–water partition coefficient (Wildman–Crippen LogP) is 0.681. The van der Waals surface area contributed by atoms with Crippen LogP contribution in [0, 0.1) is 0 Å². The zero-order chi connectivity index (χ0) is 12.5. The van der Waals surface area contributed by atoms with Crippen molar-refractivity contribution in [3.8, 4) is 0 Å². The first-order valence-corrected chi connectivity index (χ1v) is 6.43. The van der Waals surface area contributed by atoms with Gasteiger partial charge in [0.1, 0.15) is 5.82 Å². The molecule has 2 aromatic rings. The third-order valence-corrected chi connectivity index (χ3v) is 3.52. The predicted molar refractivity (Wildman–Crippen MR) is 67.5 cm³/mol. The van der Waals surface area contributed by atoms with Gasteiger partial charge in [0.2, 0.25) is 5.78 Å². The second-order valence-electron chi connectivity index (χ2n) is 4.81. The lowest BCUT2D eigenvalue weighted by molar-refractivity contribution is 0.0829. The summed E-state index contributed by atoms with van der Waals surface area (Å²) in [7, 11) is 3.97. The lowest BCUT2D eigenvalue weighted by atomic mass is 10.00. The van der Waals surface area contributed by atoms with Crippen LogP contribution in [-0.2, 0) is 18.3 Å². The number of hydrogen-bond donors (Lipinski definition) is 1. The van der Waals surface area contributed by atoms with Crippen LogP contribution >= 0.6 is 0 Å². The number of nitrogens with one attached hydrogen (secondary N) is 1. The minimum absolute atomic E-state index is 0.498. The van der Waals surface area contributed by atoms with Crippen molar-refractivity contribution in [3.63, 3.8) is 0 Å². The highest BCUT2D eigenvalue weighted by Crippen LogP contribution is 2.26. The Bertz CT molecular complexity index is 538. The van der Waals surface area contributed by atoms with E-state index in [0.717, 1.165) is 49.9 Å². The third kappa shape index (κ3) is 1.91. The largest absolute Gasteiger partial charge is 0.381 e. The Morgan fingerprint density at radius 3 is 2.89 bits per heavy atom. The first-order chi connectivity index (χ1) is 8.79. The first-order valence-electron chi connectivity index (χ1n) is 6.43. The number of fused-ring (bicyclic) bond motifs is 1. The number of aromatic nitrogens is 4. The van der Waals surface area contributed by atoms with E-state index in [1.54, 1.807) is 0 Å². The molecule has 3 rings (SSSR count). The molecule has 98 valence electrons. The summed E-state index contributed by atoms with van der Waals surface area (Å²) >= 11 is 0. The molecule has 1 aliphatic rings. The summed E-state index contributed by atoms with van der Waals surface area (Å²) < 4.78 is 9.39. The lowest BCUT2D eigenvalue weighted by Gasteiger charge is -2.20. The zero-order valence-electron chi connectivity index (χ0n) is 10.9. The molecule has 6 nitrogen and oxygen atoms in total. The van der Waals surface area contributed by atoms with Crippen molar-refractivity contribution in [2.75, 3.05) is 20.3 Å². The molecule has 1 aliphatic heterocycles. The first kappa shape index (κ1) is 11.7. The van der Waals surface area contributed by atoms with Gasteiger partial charge in [-0.05, 0) is 19.9 Å². The maximum absolute atomic E-state index is 5.40. The molecule has 0 atom stereocenters. The third-order valence-electron chi connectivity index (χ3n) is 3.52. The van der Waals surface area contributed by atoms with Crippen molar-refractivity contribution in [2.24, 2.45) is 7.05 Å². The SMILES string of the molecule is CNCc1cn2nc(C3CCOCC3)n(C)c2n1. The van der Waals surface area contributed by atoms with Gasteiger partial charge >= 0.3 is 0 Å². The summed E-state index contributed by atoms with van der Waals surface area (Å²) in [6.45, 7) is 2.45. The number of hydrogen-bond acceptors (Lipinski definition) is 4. The summed E-state index contributed by atoms with van der Waals surface area (Å²) in [5.74, 6) is 2.54. The molecule has 0 unspecified atom stereocenters. The molecular weight excluding hydrogens is 230 g/mol. The number of imidazole rings is 1. The summed E-state index contributed by atoms with van der Waals surface area (Å²) in [6, 6.07) is 0. The highest BCUT2D eigenvalue weighted by Gasteiger charge is 2.22. The summed E-state index contributed by atoms with van der Waals surface area (Å²) in [5.41, 5.74) is 1.02. The topological polar surface area (TPSA) is 56.4 Å². The molecule has 3 heterocycles. The van der Waals surface area contributed by atoms with Gasteiger partial charge in [0.25, 0.3) is 0 Å². The van der Waals surface area contributed by atoms with Crippen LogP contribution < -0.4 is 5.32 Å². The Kier molecular flexibility index (Phi) is 3.05. The molecule has 1 fully saturated rings. The van der Waals surface area contributed by atoms with E-state index in [4.69, 9.17) is 4.74 Å². The molecule has 1 N–H and O–H groups in total. The average molecular weight is 249 g/mol. The Morgan fingerprint density at radius 1 is 1.44 bits per heavy atom. The Hall–Kier alpha value is -1.40. The van der Waals surface area contributed by atoms with Crippen LogP contribution in [-0.4, -0.2) is 39.4 Å². The average Bonchev–Trinajstić information content (AvgIpc) is 2.91. The quantitative estimate of drug-likeness (QED) is 0.869. The van der Waals surface area contributed by atoms with Crippen LogP contribution in [0.2, 0.25) is 0 Å². The van der Waals surface area contributed by atoms with E-state index in [1.807, 2.05) is 24.8 Å². The van der Waals surface area contributed by atoms with E-state index in [9.17, 15) is 0 Å². The Morgan fingerprint density at radius 2 is 2.22 bits per heavy atom. The molecule has 0 saturated carbocycles. The molecule has 2 aromatic heterocycles. The summed E-state index contributed by atoms with van der Waals surface area (Å²) in [5, 5.41) is 7.78. The van der Waals surface area contributed by atoms with Crippen LogP contribution in [0.1, 0.15) is 30.3 Å². The fourth-order valence-corrected chi connectivity index (χ4v) is 2.57. The van der Waals surface area contributed by atoms with Crippen molar-refractivity contribution in [2.45, 2.75) is 25.3 Å². The van der Waals surface area contributed by atoms with E-state index >= 15 is 0 Å². The van der Waals surface area contributed by atoms with Crippen LogP contribution in [0.3, 0.4) is 0 Å². The molecule has 6 heteroatoms. The smallest absolute Gasteiger partial charge is 0.232 e. The molecule has 0 aromatic carbocycles. The van der Waals surface area contributed by atoms with E-state index < -0.39 is 0 Å².